The van der Waals surface area contributed by atoms with Gasteiger partial charge in [0.25, 0.3) is 0 Å². The first kappa shape index (κ1) is 14.7. The molecule has 0 rings (SSSR count). The van der Waals surface area contributed by atoms with Crippen LogP contribution in [0.1, 0.15) is 33.6 Å². The van der Waals surface area contributed by atoms with E-state index in [0.29, 0.717) is 6.61 Å². The molecule has 0 saturated heterocycles. The summed E-state index contributed by atoms with van der Waals surface area (Å²) in [6.07, 6.45) is 1.12. The molecule has 0 aromatic carbocycles. The van der Waals surface area contributed by atoms with Crippen molar-refractivity contribution in [2.75, 3.05) is 12.4 Å². The Morgan fingerprint density at radius 2 is 2.00 bits per heavy atom. The monoisotopic (exact) mass is 236 g/mol. The van der Waals surface area contributed by atoms with Crippen molar-refractivity contribution in [1.29, 1.82) is 0 Å². The van der Waals surface area contributed by atoms with Gasteiger partial charge in [0, 0.05) is 6.61 Å². The van der Waals surface area contributed by atoms with Gasteiger partial charge in [-0.05, 0) is 20.3 Å². The van der Waals surface area contributed by atoms with Gasteiger partial charge in [-0.15, -0.1) is 0 Å². The Bertz CT molecular complexity index is 175. The minimum atomic E-state index is -0.596. The van der Waals surface area contributed by atoms with E-state index in [-0.39, 0.29) is 12.0 Å². The van der Waals surface area contributed by atoms with Crippen molar-refractivity contribution >= 4 is 18.6 Å². The predicted octanol–water partition coefficient (Wildman–Crippen LogP) is 1.98. The van der Waals surface area contributed by atoms with Crippen molar-refractivity contribution in [3.05, 3.63) is 0 Å². The molecular formula is C10H20O4S. The van der Waals surface area contributed by atoms with Crippen LogP contribution in [0.4, 0.5) is 0 Å². The highest BCUT2D eigenvalue weighted by atomic mass is 32.1. The number of hydrogen-bond acceptors (Lipinski definition) is 5. The molecule has 0 aliphatic rings. The van der Waals surface area contributed by atoms with Crippen LogP contribution in [0.3, 0.4) is 0 Å². The lowest BCUT2D eigenvalue weighted by Gasteiger charge is -2.19. The van der Waals surface area contributed by atoms with Crippen LogP contribution in [0.2, 0.25) is 0 Å². The zero-order chi connectivity index (χ0) is 11.7. The second-order valence-corrected chi connectivity index (χ2v) is 3.46. The Balaban J connectivity index is 3.56. The van der Waals surface area contributed by atoms with Gasteiger partial charge in [0.15, 0.2) is 6.29 Å². The quantitative estimate of drug-likeness (QED) is 0.303. The molecule has 0 radical (unpaired) electrons. The fraction of sp³-hybridized carbons (Fsp3) is 0.900. The number of unbranched alkanes of at least 4 members (excludes halogenated alkanes) is 1. The van der Waals surface area contributed by atoms with Crippen LogP contribution < -0.4 is 0 Å². The molecule has 0 aliphatic carbocycles. The van der Waals surface area contributed by atoms with E-state index in [4.69, 9.17) is 14.2 Å². The van der Waals surface area contributed by atoms with E-state index in [1.807, 2.05) is 0 Å². The molecule has 0 heterocycles. The Hall–Kier alpha value is -0.260. The number of thiol groups is 1. The summed E-state index contributed by atoms with van der Waals surface area (Å²) in [6, 6.07) is 0. The predicted molar refractivity (Wildman–Crippen MR) is 60.8 cm³/mol. The molecule has 0 amide bonds. The third-order valence-corrected chi connectivity index (χ3v) is 1.92. The van der Waals surface area contributed by atoms with Gasteiger partial charge in [-0.3, -0.25) is 4.79 Å². The Kier molecular flexibility index (Phi) is 8.85. The molecule has 0 N–H and O–H groups in total. The lowest BCUT2D eigenvalue weighted by atomic mass is 10.4. The number of carbonyl (C=O) groups is 1. The minimum Gasteiger partial charge on any atom is -0.435 e. The van der Waals surface area contributed by atoms with E-state index in [9.17, 15) is 4.79 Å². The average Bonchev–Trinajstić information content (AvgIpc) is 2.17. The first-order valence-corrected chi connectivity index (χ1v) is 5.80. The molecule has 2 atom stereocenters. The molecule has 15 heavy (non-hydrogen) atoms. The maximum Gasteiger partial charge on any atom is 0.317 e. The van der Waals surface area contributed by atoms with Crippen LogP contribution in [0, 0.1) is 0 Å². The van der Waals surface area contributed by atoms with E-state index in [1.165, 1.54) is 0 Å². The van der Waals surface area contributed by atoms with Gasteiger partial charge in [-0.1, -0.05) is 13.3 Å². The zero-order valence-corrected chi connectivity index (χ0v) is 10.5. The summed E-state index contributed by atoms with van der Waals surface area (Å²) >= 11 is 3.79. The van der Waals surface area contributed by atoms with Crippen LogP contribution in [-0.4, -0.2) is 30.9 Å². The molecule has 0 aromatic heterocycles. The van der Waals surface area contributed by atoms with E-state index in [0.717, 1.165) is 12.8 Å². The van der Waals surface area contributed by atoms with Gasteiger partial charge in [-0.25, -0.2) is 0 Å². The van der Waals surface area contributed by atoms with E-state index >= 15 is 0 Å². The number of carbonyl (C=O) groups excluding carboxylic acids is 1. The normalized spacial score (nSPS) is 14.7. The molecule has 0 aromatic rings. The van der Waals surface area contributed by atoms with Crippen LogP contribution >= 0.6 is 12.6 Å². The van der Waals surface area contributed by atoms with Crippen LogP contribution in [-0.2, 0) is 19.0 Å². The third kappa shape index (κ3) is 8.72. The van der Waals surface area contributed by atoms with Gasteiger partial charge in [0.1, 0.15) is 0 Å². The smallest absolute Gasteiger partial charge is 0.317 e. The van der Waals surface area contributed by atoms with Crippen LogP contribution in [0.5, 0.6) is 0 Å². The Labute approximate surface area is 96.7 Å². The summed E-state index contributed by atoms with van der Waals surface area (Å²) in [5, 5.41) is 0. The largest absolute Gasteiger partial charge is 0.435 e. The Morgan fingerprint density at radius 1 is 1.33 bits per heavy atom. The zero-order valence-electron chi connectivity index (χ0n) is 9.56. The van der Waals surface area contributed by atoms with Gasteiger partial charge >= 0.3 is 5.97 Å². The second-order valence-electron chi connectivity index (χ2n) is 3.14. The van der Waals surface area contributed by atoms with Crippen molar-refractivity contribution in [3.8, 4) is 0 Å². The minimum absolute atomic E-state index is 0.0543. The average molecular weight is 236 g/mol. The standard InChI is InChI=1S/C10H20O4S/c1-4-5-6-12-8(2)13-9(3)14-10(11)7-15/h8-9,15H,4-7H2,1-3H3. The summed E-state index contributed by atoms with van der Waals surface area (Å²) in [4.78, 5) is 10.8. The van der Waals surface area contributed by atoms with Gasteiger partial charge < -0.3 is 14.2 Å². The number of ether oxygens (including phenoxy) is 3. The summed E-state index contributed by atoms with van der Waals surface area (Å²) in [7, 11) is 0. The number of hydrogen-bond donors (Lipinski definition) is 1. The van der Waals surface area contributed by atoms with E-state index in [2.05, 4.69) is 19.6 Å². The summed E-state index contributed by atoms with van der Waals surface area (Å²) in [5.41, 5.74) is 0. The maximum atomic E-state index is 10.8. The van der Waals surface area contributed by atoms with Crippen LogP contribution in [0.25, 0.3) is 0 Å². The maximum absolute atomic E-state index is 10.8. The highest BCUT2D eigenvalue weighted by molar-refractivity contribution is 7.81. The molecule has 0 bridgehead atoms. The first-order chi connectivity index (χ1) is 7.10. The summed E-state index contributed by atoms with van der Waals surface area (Å²) in [5.74, 6) is -0.342. The van der Waals surface area contributed by atoms with E-state index < -0.39 is 12.3 Å². The fourth-order valence-electron chi connectivity index (χ4n) is 0.953. The topological polar surface area (TPSA) is 44.8 Å². The molecule has 5 heteroatoms. The lowest BCUT2D eigenvalue weighted by Crippen LogP contribution is -2.25. The second kappa shape index (κ2) is 9.00. The van der Waals surface area contributed by atoms with E-state index in [1.54, 1.807) is 13.8 Å². The van der Waals surface area contributed by atoms with Gasteiger partial charge in [0.05, 0.1) is 5.75 Å². The molecule has 2 unspecified atom stereocenters. The summed E-state index contributed by atoms with van der Waals surface area (Å²) < 4.78 is 15.5. The fourth-order valence-corrected chi connectivity index (χ4v) is 1.03. The molecule has 0 fully saturated rings. The Morgan fingerprint density at radius 3 is 2.53 bits per heavy atom. The molecule has 4 nitrogen and oxygen atoms in total. The highest BCUT2D eigenvalue weighted by Crippen LogP contribution is 2.03. The molecule has 0 saturated carbocycles. The van der Waals surface area contributed by atoms with Crippen LogP contribution in [0.15, 0.2) is 0 Å². The van der Waals surface area contributed by atoms with Gasteiger partial charge in [0.2, 0.25) is 6.29 Å². The molecule has 0 spiro atoms. The first-order valence-electron chi connectivity index (χ1n) is 5.17. The van der Waals surface area contributed by atoms with Crippen molar-refractivity contribution in [3.63, 3.8) is 0 Å². The highest BCUT2D eigenvalue weighted by Gasteiger charge is 2.12. The van der Waals surface area contributed by atoms with Crippen molar-refractivity contribution in [2.45, 2.75) is 46.2 Å². The van der Waals surface area contributed by atoms with Crippen molar-refractivity contribution in [2.24, 2.45) is 0 Å². The SMILES string of the molecule is CCCCOC(C)OC(C)OC(=O)CS. The molecule has 90 valence electrons. The molecular weight excluding hydrogens is 216 g/mol. The van der Waals surface area contributed by atoms with Crippen molar-refractivity contribution < 1.29 is 19.0 Å². The lowest BCUT2D eigenvalue weighted by molar-refractivity contribution is -0.227. The van der Waals surface area contributed by atoms with Crippen molar-refractivity contribution in [1.82, 2.24) is 0 Å². The molecule has 0 aliphatic heterocycles. The summed E-state index contributed by atoms with van der Waals surface area (Å²) in [6.45, 7) is 6.18. The third-order valence-electron chi connectivity index (χ3n) is 1.66. The number of esters is 1. The number of rotatable bonds is 8. The van der Waals surface area contributed by atoms with Gasteiger partial charge in [-0.2, -0.15) is 12.6 Å².